The van der Waals surface area contributed by atoms with E-state index in [-0.39, 0.29) is 40.6 Å². The lowest BCUT2D eigenvalue weighted by atomic mass is 9.79. The third-order valence-electron chi connectivity index (χ3n) is 9.34. The van der Waals surface area contributed by atoms with Gasteiger partial charge >= 0.3 is 0 Å². The first-order valence-electron chi connectivity index (χ1n) is 20.4. The summed E-state index contributed by atoms with van der Waals surface area (Å²) in [4.78, 5) is 2.27. The zero-order valence-electron chi connectivity index (χ0n) is 36.0. The molecule has 264 valence electrons. The second kappa shape index (κ2) is 14.9. The summed E-state index contributed by atoms with van der Waals surface area (Å²) in [6, 6.07) is 45.8. The van der Waals surface area contributed by atoms with Gasteiger partial charge in [-0.2, -0.15) is 0 Å². The molecule has 0 amide bonds. The smallest absolute Gasteiger partial charge is 0.130 e. The van der Waals surface area contributed by atoms with Gasteiger partial charge in [0.25, 0.3) is 0 Å². The number of benzene rings is 7. The van der Waals surface area contributed by atoms with E-state index >= 15 is 0 Å². The molecule has 7 rings (SSSR count). The van der Waals surface area contributed by atoms with Crippen LogP contribution < -0.4 is 9.64 Å². The average Bonchev–Trinajstić information content (AvgIpc) is 3.20. The summed E-state index contributed by atoms with van der Waals surface area (Å²) in [5, 5.41) is 0. The van der Waals surface area contributed by atoms with Crippen LogP contribution in [0.4, 0.5) is 17.1 Å². The first kappa shape index (κ1) is 30.1. The molecule has 3 heteroatoms. The Balaban J connectivity index is 1.43. The molecule has 0 aliphatic heterocycles. The Labute approximate surface area is 330 Å². The van der Waals surface area contributed by atoms with Gasteiger partial charge in [-0.25, -0.2) is 0 Å². The number of para-hydroxylation sites is 1. The summed E-state index contributed by atoms with van der Waals surface area (Å²) in [7, 11) is 0. The minimum atomic E-state index is -0.416. The highest BCUT2D eigenvalue weighted by Crippen LogP contribution is 2.45. The summed E-state index contributed by atoms with van der Waals surface area (Å²) in [5.41, 5.74) is 10.1. The number of nitrogens with zero attached hydrogens (tertiary/aromatic N) is 1. The minimum Gasteiger partial charge on any atom is -0.457 e. The number of halogens is 1. The second-order valence-electron chi connectivity index (χ2n) is 15.3. The van der Waals surface area contributed by atoms with Crippen LogP contribution in [0.25, 0.3) is 33.4 Å². The van der Waals surface area contributed by atoms with Gasteiger partial charge in [0, 0.05) is 21.8 Å². The average molecular weight is 762 g/mol. The van der Waals surface area contributed by atoms with E-state index < -0.39 is 6.04 Å². The number of hydrogen-bond donors (Lipinski definition) is 0. The standard InChI is InChI=1S/C50H46BrNO/c1-49(2,3)40-29-38(30-41(33-40)50(4,5)6)39-31-44(34-46(32-39)53-45-27-21-36(22-28-45)35-15-9-7-10-16-35)52(43-25-23-42(51)24-26-43)48-20-14-13-19-47(48)37-17-11-8-12-18-37/h7-34H,1-6H3/i7D,9D,10D,15D,16D. The van der Waals surface area contributed by atoms with E-state index in [2.05, 4.69) is 159 Å². The highest BCUT2D eigenvalue weighted by molar-refractivity contribution is 9.10. The van der Waals surface area contributed by atoms with Crippen molar-refractivity contribution in [3.63, 3.8) is 0 Å². The van der Waals surface area contributed by atoms with Gasteiger partial charge in [-0.1, -0.05) is 167 Å². The largest absolute Gasteiger partial charge is 0.457 e. The summed E-state index contributed by atoms with van der Waals surface area (Å²) in [5.74, 6) is 1.15. The van der Waals surface area contributed by atoms with Gasteiger partial charge in [0.15, 0.2) is 0 Å². The molecule has 0 bridgehead atoms. The monoisotopic (exact) mass is 760 g/mol. The van der Waals surface area contributed by atoms with E-state index in [1.54, 1.807) is 24.3 Å². The Morgan fingerprint density at radius 1 is 0.491 bits per heavy atom. The molecule has 0 aliphatic carbocycles. The van der Waals surface area contributed by atoms with E-state index in [1.807, 2.05) is 18.2 Å². The lowest BCUT2D eigenvalue weighted by molar-refractivity contribution is 0.483. The van der Waals surface area contributed by atoms with E-state index in [0.29, 0.717) is 17.1 Å². The lowest BCUT2D eigenvalue weighted by Crippen LogP contribution is -2.16. The molecule has 0 saturated carbocycles. The highest BCUT2D eigenvalue weighted by Gasteiger charge is 2.23. The van der Waals surface area contributed by atoms with Crippen molar-refractivity contribution in [2.75, 3.05) is 4.90 Å². The lowest BCUT2D eigenvalue weighted by Gasteiger charge is -2.29. The van der Waals surface area contributed by atoms with Crippen LogP contribution in [-0.2, 0) is 10.8 Å². The van der Waals surface area contributed by atoms with Crippen molar-refractivity contribution in [2.24, 2.45) is 0 Å². The number of ether oxygens (including phenoxy) is 1. The van der Waals surface area contributed by atoms with Crippen molar-refractivity contribution in [1.82, 2.24) is 0 Å². The summed E-state index contributed by atoms with van der Waals surface area (Å²) < 4.78 is 49.1. The van der Waals surface area contributed by atoms with Gasteiger partial charge in [0.2, 0.25) is 0 Å². The van der Waals surface area contributed by atoms with Gasteiger partial charge in [-0.3, -0.25) is 0 Å². The van der Waals surface area contributed by atoms with Gasteiger partial charge in [0.1, 0.15) is 11.5 Å². The molecule has 0 aromatic heterocycles. The van der Waals surface area contributed by atoms with Gasteiger partial charge in [0.05, 0.1) is 18.2 Å². The van der Waals surface area contributed by atoms with Crippen molar-refractivity contribution in [3.05, 3.63) is 185 Å². The Morgan fingerprint density at radius 2 is 1.09 bits per heavy atom. The van der Waals surface area contributed by atoms with Crippen LogP contribution in [0.15, 0.2) is 174 Å². The minimum absolute atomic E-state index is 0.0902. The van der Waals surface area contributed by atoms with E-state index in [1.165, 1.54) is 11.1 Å². The third kappa shape index (κ3) is 8.32. The molecule has 0 radical (unpaired) electrons. The number of rotatable bonds is 8. The number of anilines is 3. The maximum absolute atomic E-state index is 8.49. The Morgan fingerprint density at radius 3 is 1.74 bits per heavy atom. The van der Waals surface area contributed by atoms with Crippen LogP contribution in [-0.4, -0.2) is 0 Å². The van der Waals surface area contributed by atoms with Crippen LogP contribution in [0.3, 0.4) is 0 Å². The van der Waals surface area contributed by atoms with Crippen LogP contribution in [0.5, 0.6) is 11.5 Å². The van der Waals surface area contributed by atoms with E-state index in [4.69, 9.17) is 11.6 Å². The third-order valence-corrected chi connectivity index (χ3v) is 9.87. The number of hydrogen-bond acceptors (Lipinski definition) is 2. The molecule has 53 heavy (non-hydrogen) atoms. The highest BCUT2D eigenvalue weighted by atomic mass is 79.9. The quantitative estimate of drug-likeness (QED) is 0.153. The van der Waals surface area contributed by atoms with Crippen molar-refractivity contribution in [3.8, 4) is 44.9 Å². The second-order valence-corrected chi connectivity index (χ2v) is 16.3. The predicted octanol–water partition coefficient (Wildman–Crippen LogP) is 15.3. The Hall–Kier alpha value is -5.38. The van der Waals surface area contributed by atoms with Crippen LogP contribution in [0.2, 0.25) is 0 Å². The molecule has 0 spiro atoms. The summed E-state index contributed by atoms with van der Waals surface area (Å²) >= 11 is 3.65. The van der Waals surface area contributed by atoms with Crippen molar-refractivity contribution in [2.45, 2.75) is 52.4 Å². The van der Waals surface area contributed by atoms with E-state index in [9.17, 15) is 0 Å². The SMILES string of the molecule is [2H]c1c([2H])c([2H])c(-c2ccc(Oc3cc(-c4cc(C(C)(C)C)cc(C(C)(C)C)c4)cc(N(c4ccc(Br)cc4)c4ccccc4-c4ccccc4)c3)cc2)c([2H])c1[2H]. The molecule has 2 nitrogen and oxygen atoms in total. The maximum atomic E-state index is 8.49. The van der Waals surface area contributed by atoms with Crippen molar-refractivity contribution in [1.29, 1.82) is 0 Å². The van der Waals surface area contributed by atoms with Crippen molar-refractivity contribution >= 4 is 33.0 Å². The first-order valence-corrected chi connectivity index (χ1v) is 18.7. The van der Waals surface area contributed by atoms with Gasteiger partial charge in [-0.05, 0) is 104 Å². The summed E-state index contributed by atoms with van der Waals surface area (Å²) in [6.45, 7) is 13.5. The van der Waals surface area contributed by atoms with E-state index in [0.717, 1.165) is 43.8 Å². The normalized spacial score (nSPS) is 13.0. The first-order chi connectivity index (χ1) is 27.5. The molecule has 0 saturated heterocycles. The topological polar surface area (TPSA) is 12.5 Å². The Kier molecular flexibility index (Phi) is 8.48. The molecule has 7 aromatic rings. The zero-order chi connectivity index (χ0) is 41.5. The fourth-order valence-electron chi connectivity index (χ4n) is 6.37. The van der Waals surface area contributed by atoms with Crippen molar-refractivity contribution < 1.29 is 11.6 Å². The van der Waals surface area contributed by atoms with Crippen LogP contribution in [0, 0.1) is 0 Å². The molecule has 0 N–H and O–H groups in total. The molecular weight excluding hydrogens is 710 g/mol. The fourth-order valence-corrected chi connectivity index (χ4v) is 6.63. The molecule has 0 fully saturated rings. The maximum Gasteiger partial charge on any atom is 0.130 e. The molecule has 0 aliphatic rings. The summed E-state index contributed by atoms with van der Waals surface area (Å²) in [6.07, 6.45) is 0. The molecular formula is C50H46BrNO. The predicted molar refractivity (Wildman–Crippen MR) is 229 cm³/mol. The Bertz CT molecular complexity index is 2550. The van der Waals surface area contributed by atoms with Crippen LogP contribution >= 0.6 is 15.9 Å². The van der Waals surface area contributed by atoms with Gasteiger partial charge in [-0.15, -0.1) is 0 Å². The molecule has 0 unspecified atom stereocenters. The van der Waals surface area contributed by atoms with Gasteiger partial charge < -0.3 is 9.64 Å². The zero-order valence-corrected chi connectivity index (χ0v) is 32.6. The molecule has 0 atom stereocenters. The molecule has 7 aromatic carbocycles. The fraction of sp³-hybridized carbons (Fsp3) is 0.160. The van der Waals surface area contributed by atoms with Crippen LogP contribution in [0.1, 0.15) is 59.5 Å². The molecule has 0 heterocycles.